The third-order valence-corrected chi connectivity index (χ3v) is 2.61. The Morgan fingerprint density at radius 3 is 2.67 bits per heavy atom. The lowest BCUT2D eigenvalue weighted by atomic mass is 10.1. The zero-order chi connectivity index (χ0) is 11.4. The van der Waals surface area contributed by atoms with Crippen LogP contribution < -0.4 is 4.90 Å². The van der Waals surface area contributed by atoms with Crippen molar-refractivity contribution in [3.05, 3.63) is 27.3 Å². The summed E-state index contributed by atoms with van der Waals surface area (Å²) in [5.41, 5.74) is 1.50. The van der Waals surface area contributed by atoms with Crippen LogP contribution in [0.3, 0.4) is 0 Å². The summed E-state index contributed by atoms with van der Waals surface area (Å²) in [6, 6.07) is 5.74. The first kappa shape index (κ1) is 12.3. The molecule has 1 rings (SSSR count). The molecule has 0 bridgehead atoms. The van der Waals surface area contributed by atoms with Crippen LogP contribution >= 0.6 is 22.6 Å². The predicted octanol–water partition coefficient (Wildman–Crippen LogP) is 2.53. The number of rotatable bonds is 3. The van der Waals surface area contributed by atoms with E-state index in [0.717, 1.165) is 9.26 Å². The van der Waals surface area contributed by atoms with E-state index in [1.54, 1.807) is 6.92 Å². The van der Waals surface area contributed by atoms with Crippen molar-refractivity contribution in [1.82, 2.24) is 0 Å². The van der Waals surface area contributed by atoms with Gasteiger partial charge in [-0.3, -0.25) is 0 Å². The first-order valence-corrected chi connectivity index (χ1v) is 5.78. The van der Waals surface area contributed by atoms with Crippen LogP contribution in [-0.4, -0.2) is 26.7 Å². The molecule has 0 aliphatic heterocycles. The zero-order valence-corrected chi connectivity index (χ0v) is 11.2. The quantitative estimate of drug-likeness (QED) is 0.633. The fraction of sp³-hybridized carbons (Fsp3) is 0.364. The van der Waals surface area contributed by atoms with Crippen LogP contribution in [-0.2, 0) is 4.74 Å². The molecule has 0 saturated heterocycles. The number of halogens is 1. The average molecular weight is 319 g/mol. The Kier molecular flexibility index (Phi) is 4.38. The molecule has 0 heterocycles. The van der Waals surface area contributed by atoms with E-state index < -0.39 is 0 Å². The monoisotopic (exact) mass is 319 g/mol. The minimum Gasteiger partial charge on any atom is -0.462 e. The number of hydrogen-bond acceptors (Lipinski definition) is 3. The third-order valence-electron chi connectivity index (χ3n) is 1.94. The molecule has 0 aromatic heterocycles. The van der Waals surface area contributed by atoms with Crippen molar-refractivity contribution in [2.24, 2.45) is 0 Å². The highest BCUT2D eigenvalue weighted by Crippen LogP contribution is 2.22. The molecule has 0 spiro atoms. The van der Waals surface area contributed by atoms with E-state index >= 15 is 0 Å². The summed E-state index contributed by atoms with van der Waals surface area (Å²) in [7, 11) is 3.82. The van der Waals surface area contributed by atoms with Crippen LogP contribution in [0.15, 0.2) is 18.2 Å². The number of nitrogens with zero attached hydrogens (tertiary/aromatic N) is 1. The molecule has 82 valence electrons. The summed E-state index contributed by atoms with van der Waals surface area (Å²) >= 11 is 2.18. The van der Waals surface area contributed by atoms with Gasteiger partial charge in [-0.2, -0.15) is 0 Å². The van der Waals surface area contributed by atoms with Crippen LogP contribution in [0.25, 0.3) is 0 Å². The van der Waals surface area contributed by atoms with Gasteiger partial charge in [0.2, 0.25) is 0 Å². The molecule has 1 aromatic carbocycles. The summed E-state index contributed by atoms with van der Waals surface area (Å²) in [5, 5.41) is 0. The highest BCUT2D eigenvalue weighted by Gasteiger charge is 2.13. The molecule has 15 heavy (non-hydrogen) atoms. The summed E-state index contributed by atoms with van der Waals surface area (Å²) in [6.45, 7) is 2.21. The Balaban J connectivity index is 3.12. The molecular formula is C11H14INO2. The van der Waals surface area contributed by atoms with E-state index in [4.69, 9.17) is 4.74 Å². The number of anilines is 1. The molecule has 4 heteroatoms. The summed E-state index contributed by atoms with van der Waals surface area (Å²) in [5.74, 6) is -0.264. The van der Waals surface area contributed by atoms with Gasteiger partial charge in [0.1, 0.15) is 0 Å². The van der Waals surface area contributed by atoms with E-state index in [-0.39, 0.29) is 5.97 Å². The van der Waals surface area contributed by atoms with Crippen molar-refractivity contribution < 1.29 is 9.53 Å². The molecular weight excluding hydrogens is 305 g/mol. The molecule has 3 nitrogen and oxygen atoms in total. The SMILES string of the molecule is CCOC(=O)c1cc(I)ccc1N(C)C. The van der Waals surface area contributed by atoms with Crippen molar-refractivity contribution >= 4 is 34.2 Å². The van der Waals surface area contributed by atoms with Crippen LogP contribution in [0.4, 0.5) is 5.69 Å². The molecule has 0 aliphatic carbocycles. The minimum absolute atomic E-state index is 0.264. The molecule has 0 saturated carbocycles. The minimum atomic E-state index is -0.264. The highest BCUT2D eigenvalue weighted by atomic mass is 127. The first-order valence-electron chi connectivity index (χ1n) is 4.70. The highest BCUT2D eigenvalue weighted by molar-refractivity contribution is 14.1. The molecule has 0 radical (unpaired) electrons. The lowest BCUT2D eigenvalue weighted by Crippen LogP contribution is -2.15. The number of esters is 1. The fourth-order valence-corrected chi connectivity index (χ4v) is 1.76. The summed E-state index contributed by atoms with van der Waals surface area (Å²) in [4.78, 5) is 13.6. The normalized spacial score (nSPS) is 9.87. The molecule has 0 aliphatic rings. The molecule has 0 N–H and O–H groups in total. The smallest absolute Gasteiger partial charge is 0.340 e. The van der Waals surface area contributed by atoms with E-state index in [2.05, 4.69) is 22.6 Å². The van der Waals surface area contributed by atoms with Gasteiger partial charge in [-0.25, -0.2) is 4.79 Å². The zero-order valence-electron chi connectivity index (χ0n) is 9.08. The number of benzene rings is 1. The molecule has 0 amide bonds. The molecule has 0 fully saturated rings. The molecule has 0 unspecified atom stereocenters. The van der Waals surface area contributed by atoms with Gasteiger partial charge < -0.3 is 9.64 Å². The third kappa shape index (κ3) is 3.09. The number of carbonyl (C=O) groups is 1. The van der Waals surface area contributed by atoms with Gasteiger partial charge >= 0.3 is 5.97 Å². The van der Waals surface area contributed by atoms with Gasteiger partial charge in [-0.1, -0.05) is 0 Å². The second-order valence-corrected chi connectivity index (χ2v) is 4.52. The summed E-state index contributed by atoms with van der Waals surface area (Å²) in [6.07, 6.45) is 0. The largest absolute Gasteiger partial charge is 0.462 e. The van der Waals surface area contributed by atoms with Gasteiger partial charge in [0.15, 0.2) is 0 Å². The van der Waals surface area contributed by atoms with E-state index in [1.165, 1.54) is 0 Å². The lowest BCUT2D eigenvalue weighted by Gasteiger charge is -2.16. The van der Waals surface area contributed by atoms with Crippen molar-refractivity contribution in [3.63, 3.8) is 0 Å². The number of ether oxygens (including phenoxy) is 1. The van der Waals surface area contributed by atoms with Crippen LogP contribution in [0.5, 0.6) is 0 Å². The maximum absolute atomic E-state index is 11.7. The Labute approximate surface area is 104 Å². The lowest BCUT2D eigenvalue weighted by molar-refractivity contribution is 0.0527. The Hall–Kier alpha value is -0.780. The Bertz CT molecular complexity index is 364. The van der Waals surface area contributed by atoms with Crippen molar-refractivity contribution in [1.29, 1.82) is 0 Å². The van der Waals surface area contributed by atoms with E-state index in [1.807, 2.05) is 37.2 Å². The summed E-state index contributed by atoms with van der Waals surface area (Å²) < 4.78 is 6.03. The van der Waals surface area contributed by atoms with Crippen molar-refractivity contribution in [2.45, 2.75) is 6.92 Å². The van der Waals surface area contributed by atoms with Gasteiger partial charge in [-0.05, 0) is 47.7 Å². The molecule has 1 aromatic rings. The van der Waals surface area contributed by atoms with Gasteiger partial charge in [-0.15, -0.1) is 0 Å². The van der Waals surface area contributed by atoms with Crippen molar-refractivity contribution in [3.8, 4) is 0 Å². The fourth-order valence-electron chi connectivity index (χ4n) is 1.27. The molecule has 0 atom stereocenters. The number of carbonyl (C=O) groups excluding carboxylic acids is 1. The van der Waals surface area contributed by atoms with E-state index in [0.29, 0.717) is 12.2 Å². The average Bonchev–Trinajstić information content (AvgIpc) is 2.17. The number of hydrogen-bond donors (Lipinski definition) is 0. The van der Waals surface area contributed by atoms with Crippen LogP contribution in [0, 0.1) is 3.57 Å². The van der Waals surface area contributed by atoms with Gasteiger partial charge in [0.05, 0.1) is 17.9 Å². The topological polar surface area (TPSA) is 29.5 Å². The Morgan fingerprint density at radius 1 is 1.47 bits per heavy atom. The second-order valence-electron chi connectivity index (χ2n) is 3.28. The first-order chi connectivity index (χ1) is 7.06. The predicted molar refractivity (Wildman–Crippen MR) is 69.4 cm³/mol. The van der Waals surface area contributed by atoms with Gasteiger partial charge in [0, 0.05) is 17.7 Å². The maximum atomic E-state index is 11.7. The van der Waals surface area contributed by atoms with Crippen LogP contribution in [0.2, 0.25) is 0 Å². The second kappa shape index (κ2) is 5.34. The standard InChI is InChI=1S/C11H14INO2/c1-4-15-11(14)9-7-8(12)5-6-10(9)13(2)3/h5-7H,4H2,1-3H3. The Morgan fingerprint density at radius 2 is 2.13 bits per heavy atom. The van der Waals surface area contributed by atoms with Crippen molar-refractivity contribution in [2.75, 3.05) is 25.6 Å². The van der Waals surface area contributed by atoms with E-state index in [9.17, 15) is 4.79 Å². The maximum Gasteiger partial charge on any atom is 0.340 e. The van der Waals surface area contributed by atoms with Crippen LogP contribution in [0.1, 0.15) is 17.3 Å². The van der Waals surface area contributed by atoms with Gasteiger partial charge in [0.25, 0.3) is 0 Å².